The lowest BCUT2D eigenvalue weighted by molar-refractivity contribution is 0.102. The number of methoxy groups -OCH3 is 1. The number of aromatic amines is 1. The maximum Gasteiger partial charge on any atom is 0.273 e. The zero-order valence-corrected chi connectivity index (χ0v) is 19.4. The van der Waals surface area contributed by atoms with E-state index in [0.29, 0.717) is 10.7 Å². The van der Waals surface area contributed by atoms with E-state index in [9.17, 15) is 13.2 Å². The number of carbonyl (C=O) groups excluding carboxylic acids is 1. The molecule has 0 aliphatic carbocycles. The number of hydrogen-bond acceptors (Lipinski definition) is 5. The topological polar surface area (TPSA) is 101 Å². The highest BCUT2D eigenvalue weighted by Gasteiger charge is 2.20. The maximum absolute atomic E-state index is 13.1. The number of H-pyrrole nitrogens is 1. The molecule has 4 rings (SSSR count). The zero-order valence-electron chi connectivity index (χ0n) is 17.8. The van der Waals surface area contributed by atoms with Crippen molar-refractivity contribution in [3.8, 4) is 17.0 Å². The standard InChI is InChI=1S/C24H20ClN3O4S/c1-15-3-5-16(6-4-15)22-14-23(28-27-22)24(29)26-18-11-19(32-2)13-21(12-18)33(30,31)20-9-7-17(25)8-10-20/h3-14H,1-2H3,(H,26,29)(H,27,28). The van der Waals surface area contributed by atoms with Gasteiger partial charge in [-0.25, -0.2) is 8.42 Å². The summed E-state index contributed by atoms with van der Waals surface area (Å²) in [6, 6.07) is 19.5. The Balaban J connectivity index is 1.61. The molecule has 1 amide bonds. The third kappa shape index (κ3) is 4.92. The van der Waals surface area contributed by atoms with Gasteiger partial charge in [0.15, 0.2) is 0 Å². The van der Waals surface area contributed by atoms with Crippen LogP contribution in [0.15, 0.2) is 82.6 Å². The van der Waals surface area contributed by atoms with E-state index in [0.717, 1.165) is 11.1 Å². The number of carbonyl (C=O) groups is 1. The lowest BCUT2D eigenvalue weighted by Gasteiger charge is -2.11. The number of hydrogen-bond donors (Lipinski definition) is 2. The first kappa shape index (κ1) is 22.6. The fourth-order valence-electron chi connectivity index (χ4n) is 3.18. The Morgan fingerprint density at radius 1 is 0.970 bits per heavy atom. The monoisotopic (exact) mass is 481 g/mol. The lowest BCUT2D eigenvalue weighted by Crippen LogP contribution is -2.13. The first-order chi connectivity index (χ1) is 15.8. The summed E-state index contributed by atoms with van der Waals surface area (Å²) in [4.78, 5) is 12.8. The summed E-state index contributed by atoms with van der Waals surface area (Å²) in [7, 11) is -2.44. The van der Waals surface area contributed by atoms with Crippen molar-refractivity contribution in [2.75, 3.05) is 12.4 Å². The Labute approximate surface area is 196 Å². The molecule has 4 aromatic rings. The molecule has 0 spiro atoms. The molecule has 0 radical (unpaired) electrons. The predicted molar refractivity (Wildman–Crippen MR) is 127 cm³/mol. The van der Waals surface area contributed by atoms with Crippen molar-refractivity contribution >= 4 is 33.0 Å². The zero-order chi connectivity index (χ0) is 23.6. The minimum Gasteiger partial charge on any atom is -0.497 e. The molecule has 33 heavy (non-hydrogen) atoms. The van der Waals surface area contributed by atoms with Crippen LogP contribution >= 0.6 is 11.6 Å². The average molecular weight is 482 g/mol. The van der Waals surface area contributed by atoms with Gasteiger partial charge in [-0.3, -0.25) is 9.89 Å². The van der Waals surface area contributed by atoms with Gasteiger partial charge in [-0.1, -0.05) is 41.4 Å². The van der Waals surface area contributed by atoms with Crippen molar-refractivity contribution in [2.45, 2.75) is 16.7 Å². The number of benzene rings is 3. The molecule has 0 unspecified atom stereocenters. The van der Waals surface area contributed by atoms with E-state index in [-0.39, 0.29) is 26.9 Å². The minimum absolute atomic E-state index is 0.0237. The van der Waals surface area contributed by atoms with Crippen LogP contribution in [0, 0.1) is 6.92 Å². The highest BCUT2D eigenvalue weighted by atomic mass is 35.5. The van der Waals surface area contributed by atoms with Gasteiger partial charge in [-0.2, -0.15) is 5.10 Å². The normalized spacial score (nSPS) is 11.2. The van der Waals surface area contributed by atoms with Gasteiger partial charge in [-0.05, 0) is 49.4 Å². The third-order valence-corrected chi connectivity index (χ3v) is 6.98. The second kappa shape index (κ2) is 9.09. The average Bonchev–Trinajstić information content (AvgIpc) is 3.30. The van der Waals surface area contributed by atoms with E-state index in [2.05, 4.69) is 15.5 Å². The predicted octanol–water partition coefficient (Wildman–Crippen LogP) is 5.13. The Hall–Kier alpha value is -3.62. The molecule has 1 heterocycles. The fourth-order valence-corrected chi connectivity index (χ4v) is 4.62. The van der Waals surface area contributed by atoms with Crippen LogP contribution in [0.25, 0.3) is 11.3 Å². The summed E-state index contributed by atoms with van der Waals surface area (Å²) < 4.78 is 31.4. The van der Waals surface area contributed by atoms with Crippen LogP contribution in [0.3, 0.4) is 0 Å². The molecule has 0 saturated heterocycles. The van der Waals surface area contributed by atoms with Gasteiger partial charge < -0.3 is 10.1 Å². The van der Waals surface area contributed by atoms with Gasteiger partial charge in [-0.15, -0.1) is 0 Å². The number of rotatable bonds is 6. The van der Waals surface area contributed by atoms with Crippen LogP contribution < -0.4 is 10.1 Å². The summed E-state index contributed by atoms with van der Waals surface area (Å²) in [6.07, 6.45) is 0. The molecule has 0 atom stereocenters. The maximum atomic E-state index is 13.1. The van der Waals surface area contributed by atoms with Crippen molar-refractivity contribution in [3.63, 3.8) is 0 Å². The fraction of sp³-hybridized carbons (Fsp3) is 0.0833. The lowest BCUT2D eigenvalue weighted by atomic mass is 10.1. The van der Waals surface area contributed by atoms with Gasteiger partial charge in [0.05, 0.1) is 22.6 Å². The Morgan fingerprint density at radius 2 is 1.67 bits per heavy atom. The minimum atomic E-state index is -3.86. The van der Waals surface area contributed by atoms with E-state index < -0.39 is 15.7 Å². The first-order valence-electron chi connectivity index (χ1n) is 9.90. The number of aromatic nitrogens is 2. The van der Waals surface area contributed by atoms with Crippen LogP contribution in [0.4, 0.5) is 5.69 Å². The molecule has 3 aromatic carbocycles. The number of sulfone groups is 1. The van der Waals surface area contributed by atoms with E-state index in [1.54, 1.807) is 6.07 Å². The second-order valence-corrected chi connectivity index (χ2v) is 9.73. The summed E-state index contributed by atoms with van der Waals surface area (Å²) in [5, 5.41) is 10.1. The van der Waals surface area contributed by atoms with Crippen molar-refractivity contribution in [1.29, 1.82) is 0 Å². The SMILES string of the molecule is COc1cc(NC(=O)c2cc(-c3ccc(C)cc3)n[nH]2)cc(S(=O)(=O)c2ccc(Cl)cc2)c1. The number of aryl methyl sites for hydroxylation is 1. The Bertz CT molecular complexity index is 1410. The molecule has 2 N–H and O–H groups in total. The van der Waals surface area contributed by atoms with Crippen LogP contribution in [0.5, 0.6) is 5.75 Å². The number of nitrogens with one attached hydrogen (secondary N) is 2. The molecule has 0 saturated carbocycles. The Kier molecular flexibility index (Phi) is 6.22. The molecule has 0 aliphatic rings. The van der Waals surface area contributed by atoms with Crippen LogP contribution in [0.2, 0.25) is 5.02 Å². The Morgan fingerprint density at radius 3 is 2.33 bits per heavy atom. The molecular weight excluding hydrogens is 462 g/mol. The van der Waals surface area contributed by atoms with E-state index in [1.807, 2.05) is 31.2 Å². The highest BCUT2D eigenvalue weighted by molar-refractivity contribution is 7.91. The van der Waals surface area contributed by atoms with Crippen molar-refractivity contribution in [3.05, 3.63) is 89.1 Å². The van der Waals surface area contributed by atoms with Gasteiger partial charge in [0, 0.05) is 22.3 Å². The number of ether oxygens (including phenoxy) is 1. The molecule has 1 aromatic heterocycles. The quantitative estimate of drug-likeness (QED) is 0.397. The van der Waals surface area contributed by atoms with Crippen molar-refractivity contribution in [1.82, 2.24) is 10.2 Å². The van der Waals surface area contributed by atoms with E-state index >= 15 is 0 Å². The van der Waals surface area contributed by atoms with Gasteiger partial charge >= 0.3 is 0 Å². The third-order valence-electron chi connectivity index (χ3n) is 4.98. The van der Waals surface area contributed by atoms with Crippen molar-refractivity contribution in [2.24, 2.45) is 0 Å². The smallest absolute Gasteiger partial charge is 0.273 e. The largest absolute Gasteiger partial charge is 0.497 e. The number of anilines is 1. The highest BCUT2D eigenvalue weighted by Crippen LogP contribution is 2.29. The van der Waals surface area contributed by atoms with Gasteiger partial charge in [0.1, 0.15) is 11.4 Å². The van der Waals surface area contributed by atoms with Crippen molar-refractivity contribution < 1.29 is 17.9 Å². The first-order valence-corrected chi connectivity index (χ1v) is 11.8. The van der Waals surface area contributed by atoms with Gasteiger partial charge in [0.2, 0.25) is 9.84 Å². The van der Waals surface area contributed by atoms with Crippen LogP contribution in [0.1, 0.15) is 16.1 Å². The van der Waals surface area contributed by atoms with Gasteiger partial charge in [0.25, 0.3) is 5.91 Å². The molecule has 168 valence electrons. The molecule has 0 aliphatic heterocycles. The second-order valence-electron chi connectivity index (χ2n) is 7.34. The molecule has 0 fully saturated rings. The summed E-state index contributed by atoms with van der Waals surface area (Å²) >= 11 is 5.87. The van der Waals surface area contributed by atoms with E-state index in [4.69, 9.17) is 16.3 Å². The number of amides is 1. The summed E-state index contributed by atoms with van der Waals surface area (Å²) in [5.74, 6) is -0.186. The molecule has 9 heteroatoms. The molecular formula is C24H20ClN3O4S. The van der Waals surface area contributed by atoms with E-state index in [1.165, 1.54) is 49.6 Å². The molecule has 0 bridgehead atoms. The molecule has 7 nitrogen and oxygen atoms in total. The number of halogens is 1. The van der Waals surface area contributed by atoms with Crippen LogP contribution in [-0.4, -0.2) is 31.6 Å². The summed E-state index contributed by atoms with van der Waals surface area (Å²) in [5.41, 5.74) is 3.11. The number of nitrogens with zero attached hydrogens (tertiary/aromatic N) is 1. The summed E-state index contributed by atoms with van der Waals surface area (Å²) in [6.45, 7) is 1.99. The van der Waals surface area contributed by atoms with Crippen LogP contribution in [-0.2, 0) is 9.84 Å².